The number of likely N-dealkylation sites (tertiary alicyclic amines) is 2. The molecular formula is C15H28N2O2. The van der Waals surface area contributed by atoms with Crippen LogP contribution in [0.15, 0.2) is 0 Å². The summed E-state index contributed by atoms with van der Waals surface area (Å²) in [5.74, 6) is -0.476. The second kappa shape index (κ2) is 6.71. The van der Waals surface area contributed by atoms with Gasteiger partial charge in [-0.2, -0.15) is 0 Å². The lowest BCUT2D eigenvalue weighted by Gasteiger charge is -2.42. The Bertz CT molecular complexity index is 293. The van der Waals surface area contributed by atoms with E-state index in [0.717, 1.165) is 25.9 Å². The van der Waals surface area contributed by atoms with Crippen LogP contribution >= 0.6 is 0 Å². The van der Waals surface area contributed by atoms with Gasteiger partial charge in [-0.05, 0) is 44.7 Å². The summed E-state index contributed by atoms with van der Waals surface area (Å²) in [5.41, 5.74) is 0. The summed E-state index contributed by atoms with van der Waals surface area (Å²) in [6.07, 6.45) is 6.32. The molecule has 0 aromatic heterocycles. The summed E-state index contributed by atoms with van der Waals surface area (Å²) in [5, 5.41) is 9.36. The van der Waals surface area contributed by atoms with Crippen molar-refractivity contribution >= 4 is 5.97 Å². The van der Waals surface area contributed by atoms with Gasteiger partial charge in [0.15, 0.2) is 0 Å². The maximum absolute atomic E-state index is 11.4. The summed E-state index contributed by atoms with van der Waals surface area (Å²) in [6, 6.07) is 0.389. The molecule has 4 nitrogen and oxygen atoms in total. The number of carboxylic acids is 1. The van der Waals surface area contributed by atoms with Crippen LogP contribution < -0.4 is 0 Å². The Morgan fingerprint density at radius 1 is 1.05 bits per heavy atom. The molecule has 0 amide bonds. The third-order valence-corrected chi connectivity index (χ3v) is 4.68. The van der Waals surface area contributed by atoms with E-state index in [0.29, 0.717) is 6.04 Å². The highest BCUT2D eigenvalue weighted by Gasteiger charge is 2.33. The summed E-state index contributed by atoms with van der Waals surface area (Å²) in [4.78, 5) is 16.2. The van der Waals surface area contributed by atoms with Crippen LogP contribution in [0.3, 0.4) is 0 Å². The van der Waals surface area contributed by atoms with Crippen LogP contribution in [-0.4, -0.2) is 59.1 Å². The highest BCUT2D eigenvalue weighted by atomic mass is 16.4. The Labute approximate surface area is 116 Å². The zero-order valence-corrected chi connectivity index (χ0v) is 12.3. The van der Waals surface area contributed by atoms with Crippen LogP contribution in [0.25, 0.3) is 0 Å². The first-order chi connectivity index (χ1) is 9.09. The fourth-order valence-electron chi connectivity index (χ4n) is 3.68. The van der Waals surface area contributed by atoms with Gasteiger partial charge in [-0.3, -0.25) is 9.69 Å². The van der Waals surface area contributed by atoms with Crippen molar-refractivity contribution in [3.8, 4) is 0 Å². The SMILES string of the molecule is CC(C)C(C(=O)O)N1CCC(N2CCCCC2)CC1. The number of hydrogen-bond donors (Lipinski definition) is 1. The fourth-order valence-corrected chi connectivity index (χ4v) is 3.68. The number of rotatable bonds is 4. The van der Waals surface area contributed by atoms with Crippen LogP contribution in [0.2, 0.25) is 0 Å². The molecule has 2 heterocycles. The zero-order chi connectivity index (χ0) is 13.8. The van der Waals surface area contributed by atoms with E-state index >= 15 is 0 Å². The molecule has 0 bridgehead atoms. The first kappa shape index (κ1) is 14.8. The average Bonchev–Trinajstić information content (AvgIpc) is 2.40. The number of hydrogen-bond acceptors (Lipinski definition) is 3. The Morgan fingerprint density at radius 2 is 1.63 bits per heavy atom. The number of aliphatic carboxylic acids is 1. The van der Waals surface area contributed by atoms with Crippen molar-refractivity contribution in [2.75, 3.05) is 26.2 Å². The molecule has 2 aliphatic heterocycles. The second-order valence-corrected chi connectivity index (χ2v) is 6.39. The summed E-state index contributed by atoms with van der Waals surface area (Å²) in [7, 11) is 0. The summed E-state index contributed by atoms with van der Waals surface area (Å²) >= 11 is 0. The van der Waals surface area contributed by atoms with Crippen molar-refractivity contribution in [2.45, 2.75) is 58.0 Å². The Kier molecular flexibility index (Phi) is 5.22. The standard InChI is InChI=1S/C15H28N2O2/c1-12(2)14(15(18)19)17-10-6-13(7-11-17)16-8-4-3-5-9-16/h12-14H,3-11H2,1-2H3,(H,18,19). The normalized spacial score (nSPS) is 25.6. The van der Waals surface area contributed by atoms with Gasteiger partial charge in [0.05, 0.1) is 0 Å². The largest absolute Gasteiger partial charge is 0.480 e. The van der Waals surface area contributed by atoms with E-state index < -0.39 is 5.97 Å². The molecule has 2 aliphatic rings. The van der Waals surface area contributed by atoms with Gasteiger partial charge in [0.25, 0.3) is 0 Å². The third-order valence-electron chi connectivity index (χ3n) is 4.68. The molecule has 1 N–H and O–H groups in total. The van der Waals surface area contributed by atoms with Gasteiger partial charge in [-0.25, -0.2) is 0 Å². The first-order valence-electron chi connectivity index (χ1n) is 7.80. The predicted molar refractivity (Wildman–Crippen MR) is 76.3 cm³/mol. The minimum atomic E-state index is -0.661. The minimum absolute atomic E-state index is 0.184. The van der Waals surface area contributed by atoms with E-state index in [-0.39, 0.29) is 12.0 Å². The van der Waals surface area contributed by atoms with Gasteiger partial charge in [-0.15, -0.1) is 0 Å². The zero-order valence-electron chi connectivity index (χ0n) is 12.3. The van der Waals surface area contributed by atoms with Gasteiger partial charge in [0, 0.05) is 19.1 Å². The minimum Gasteiger partial charge on any atom is -0.480 e. The molecule has 4 heteroatoms. The van der Waals surface area contributed by atoms with Gasteiger partial charge in [-0.1, -0.05) is 20.3 Å². The monoisotopic (exact) mass is 268 g/mol. The van der Waals surface area contributed by atoms with Crippen LogP contribution in [0.1, 0.15) is 46.0 Å². The van der Waals surface area contributed by atoms with E-state index in [1.165, 1.54) is 32.4 Å². The fraction of sp³-hybridized carbons (Fsp3) is 0.933. The highest BCUT2D eigenvalue weighted by molar-refractivity contribution is 5.73. The third kappa shape index (κ3) is 3.69. The van der Waals surface area contributed by atoms with Crippen molar-refractivity contribution in [1.29, 1.82) is 0 Å². The average molecular weight is 268 g/mol. The molecule has 1 unspecified atom stereocenters. The lowest BCUT2D eigenvalue weighted by molar-refractivity contribution is -0.145. The van der Waals surface area contributed by atoms with Crippen molar-refractivity contribution in [1.82, 2.24) is 9.80 Å². The van der Waals surface area contributed by atoms with Gasteiger partial charge in [0.2, 0.25) is 0 Å². The molecular weight excluding hydrogens is 240 g/mol. The van der Waals surface area contributed by atoms with Crippen LogP contribution in [0.4, 0.5) is 0 Å². The maximum Gasteiger partial charge on any atom is 0.321 e. The molecule has 0 saturated carbocycles. The van der Waals surface area contributed by atoms with E-state index in [2.05, 4.69) is 9.80 Å². The molecule has 0 aromatic rings. The van der Waals surface area contributed by atoms with Gasteiger partial charge >= 0.3 is 5.97 Å². The molecule has 0 radical (unpaired) electrons. The topological polar surface area (TPSA) is 43.8 Å². The lowest BCUT2D eigenvalue weighted by Crippen LogP contribution is -2.52. The lowest BCUT2D eigenvalue weighted by atomic mass is 9.95. The van der Waals surface area contributed by atoms with Crippen molar-refractivity contribution in [3.63, 3.8) is 0 Å². The van der Waals surface area contributed by atoms with Gasteiger partial charge < -0.3 is 10.0 Å². The molecule has 0 spiro atoms. The molecule has 2 rings (SSSR count). The maximum atomic E-state index is 11.4. The summed E-state index contributed by atoms with van der Waals surface area (Å²) in [6.45, 7) is 8.39. The molecule has 110 valence electrons. The quantitative estimate of drug-likeness (QED) is 0.847. The number of carboxylic acid groups (broad SMARTS) is 1. The van der Waals surface area contributed by atoms with Gasteiger partial charge in [0.1, 0.15) is 6.04 Å². The number of carbonyl (C=O) groups is 1. The van der Waals surface area contributed by atoms with Crippen molar-refractivity contribution < 1.29 is 9.90 Å². The van der Waals surface area contributed by atoms with Crippen molar-refractivity contribution in [3.05, 3.63) is 0 Å². The first-order valence-corrected chi connectivity index (χ1v) is 7.80. The molecule has 0 aromatic carbocycles. The Morgan fingerprint density at radius 3 is 2.11 bits per heavy atom. The Hall–Kier alpha value is -0.610. The smallest absolute Gasteiger partial charge is 0.321 e. The molecule has 2 saturated heterocycles. The van der Waals surface area contributed by atoms with Crippen molar-refractivity contribution in [2.24, 2.45) is 5.92 Å². The molecule has 19 heavy (non-hydrogen) atoms. The predicted octanol–water partition coefficient (Wildman–Crippen LogP) is 2.05. The highest BCUT2D eigenvalue weighted by Crippen LogP contribution is 2.23. The van der Waals surface area contributed by atoms with Crippen LogP contribution in [0, 0.1) is 5.92 Å². The van der Waals surface area contributed by atoms with Crippen LogP contribution in [-0.2, 0) is 4.79 Å². The Balaban J connectivity index is 1.85. The number of piperidine rings is 2. The van der Waals surface area contributed by atoms with E-state index in [4.69, 9.17) is 0 Å². The van der Waals surface area contributed by atoms with E-state index in [9.17, 15) is 9.90 Å². The number of nitrogens with zero attached hydrogens (tertiary/aromatic N) is 2. The second-order valence-electron chi connectivity index (χ2n) is 6.39. The van der Waals surface area contributed by atoms with Crippen LogP contribution in [0.5, 0.6) is 0 Å². The molecule has 2 fully saturated rings. The molecule has 0 aliphatic carbocycles. The van der Waals surface area contributed by atoms with E-state index in [1.807, 2.05) is 13.8 Å². The van der Waals surface area contributed by atoms with E-state index in [1.54, 1.807) is 0 Å². The molecule has 1 atom stereocenters. The summed E-state index contributed by atoms with van der Waals surface area (Å²) < 4.78 is 0.